The quantitative estimate of drug-likeness (QED) is 0.486. The number of benzene rings is 2. The van der Waals surface area contributed by atoms with Crippen molar-refractivity contribution < 1.29 is 23.8 Å². The van der Waals surface area contributed by atoms with E-state index in [0.29, 0.717) is 22.9 Å². The minimum absolute atomic E-state index is 0.167. The summed E-state index contributed by atoms with van der Waals surface area (Å²) in [5.41, 5.74) is 2.95. The van der Waals surface area contributed by atoms with E-state index in [2.05, 4.69) is 5.32 Å². The van der Waals surface area contributed by atoms with E-state index in [4.69, 9.17) is 14.2 Å². The first kappa shape index (κ1) is 22.4. The zero-order valence-corrected chi connectivity index (χ0v) is 18.8. The van der Waals surface area contributed by atoms with Gasteiger partial charge < -0.3 is 19.5 Å². The van der Waals surface area contributed by atoms with Crippen molar-refractivity contribution in [3.8, 4) is 22.6 Å². The number of nitrogens with one attached hydrogen (secondary N) is 1. The fraction of sp³-hybridized carbons (Fsp3) is 0.250. The lowest BCUT2D eigenvalue weighted by Gasteiger charge is -2.10. The summed E-state index contributed by atoms with van der Waals surface area (Å²) in [6, 6.07) is 14.9. The highest BCUT2D eigenvalue weighted by atomic mass is 32.1. The molecule has 1 amide bonds. The van der Waals surface area contributed by atoms with Crippen LogP contribution in [0.5, 0.6) is 11.5 Å². The molecule has 1 N–H and O–H groups in total. The van der Waals surface area contributed by atoms with Crippen LogP contribution in [-0.4, -0.2) is 32.2 Å². The van der Waals surface area contributed by atoms with E-state index in [1.54, 1.807) is 6.07 Å². The molecule has 0 saturated heterocycles. The molecule has 162 valence electrons. The maximum absolute atomic E-state index is 12.6. The summed E-state index contributed by atoms with van der Waals surface area (Å²) < 4.78 is 16.1. The molecule has 0 unspecified atom stereocenters. The number of hydrogen-bond acceptors (Lipinski definition) is 6. The molecule has 0 fully saturated rings. The summed E-state index contributed by atoms with van der Waals surface area (Å²) in [7, 11) is 1.32. The second-order valence-corrected chi connectivity index (χ2v) is 8.06. The molecule has 6 nitrogen and oxygen atoms in total. The highest BCUT2D eigenvalue weighted by Gasteiger charge is 2.25. The molecule has 3 rings (SSSR count). The van der Waals surface area contributed by atoms with Crippen LogP contribution in [0.1, 0.15) is 27.7 Å². The van der Waals surface area contributed by atoms with Gasteiger partial charge in [-0.25, -0.2) is 4.79 Å². The summed E-state index contributed by atoms with van der Waals surface area (Å²) >= 11 is 1.33. The molecule has 0 aliphatic heterocycles. The molecular weight excluding hydrogens is 414 g/mol. The molecule has 0 bridgehead atoms. The van der Waals surface area contributed by atoms with Gasteiger partial charge in [0.25, 0.3) is 5.91 Å². The van der Waals surface area contributed by atoms with E-state index in [1.165, 1.54) is 18.4 Å². The number of anilines is 1. The number of aryl methyl sites for hydroxylation is 2. The molecule has 1 aromatic heterocycles. The summed E-state index contributed by atoms with van der Waals surface area (Å²) in [5, 5.41) is 3.24. The topological polar surface area (TPSA) is 73.9 Å². The van der Waals surface area contributed by atoms with Crippen molar-refractivity contribution >= 4 is 28.2 Å². The van der Waals surface area contributed by atoms with E-state index in [0.717, 1.165) is 27.3 Å². The maximum Gasteiger partial charge on any atom is 0.341 e. The summed E-state index contributed by atoms with van der Waals surface area (Å²) in [6.45, 7) is 6.18. The number of hydrogen-bond donors (Lipinski definition) is 1. The Labute approximate surface area is 185 Å². The normalized spacial score (nSPS) is 10.5. The first-order valence-electron chi connectivity index (χ1n) is 9.87. The van der Waals surface area contributed by atoms with Crippen LogP contribution in [0.2, 0.25) is 0 Å². The Hall–Kier alpha value is -3.32. The van der Waals surface area contributed by atoms with E-state index < -0.39 is 5.97 Å². The number of methoxy groups -OCH3 is 1. The van der Waals surface area contributed by atoms with Gasteiger partial charge in [-0.15, -0.1) is 11.3 Å². The van der Waals surface area contributed by atoms with E-state index >= 15 is 0 Å². The van der Waals surface area contributed by atoms with Crippen LogP contribution in [0.3, 0.4) is 0 Å². The Bertz CT molecular complexity index is 1070. The minimum atomic E-state index is -0.511. The van der Waals surface area contributed by atoms with Gasteiger partial charge in [-0.05, 0) is 56.2 Å². The van der Waals surface area contributed by atoms with Gasteiger partial charge in [0.15, 0.2) is 6.61 Å². The maximum atomic E-state index is 12.6. The number of thiophene rings is 1. The van der Waals surface area contributed by atoms with Crippen molar-refractivity contribution in [1.82, 2.24) is 0 Å². The van der Waals surface area contributed by atoms with Gasteiger partial charge in [-0.3, -0.25) is 4.79 Å². The number of amides is 1. The highest BCUT2D eigenvalue weighted by Crippen LogP contribution is 2.40. The zero-order valence-electron chi connectivity index (χ0n) is 18.0. The Morgan fingerprint density at radius 3 is 2.39 bits per heavy atom. The Morgan fingerprint density at radius 1 is 1.00 bits per heavy atom. The molecule has 31 heavy (non-hydrogen) atoms. The predicted octanol–water partition coefficient (Wildman–Crippen LogP) is 5.23. The third-order valence-electron chi connectivity index (χ3n) is 4.54. The van der Waals surface area contributed by atoms with Gasteiger partial charge in [0.05, 0.1) is 13.7 Å². The van der Waals surface area contributed by atoms with Crippen LogP contribution in [0.15, 0.2) is 48.5 Å². The summed E-state index contributed by atoms with van der Waals surface area (Å²) in [5.74, 6) is 0.496. The minimum Gasteiger partial charge on any atom is -0.494 e. The molecule has 0 saturated carbocycles. The van der Waals surface area contributed by atoms with E-state index in [1.807, 2.05) is 63.2 Å². The second-order valence-electron chi connectivity index (χ2n) is 6.84. The lowest BCUT2D eigenvalue weighted by Crippen LogP contribution is -2.21. The Morgan fingerprint density at radius 2 is 1.74 bits per heavy atom. The van der Waals surface area contributed by atoms with Gasteiger partial charge >= 0.3 is 5.97 Å². The number of rotatable bonds is 8. The molecule has 0 atom stereocenters. The van der Waals surface area contributed by atoms with Crippen molar-refractivity contribution in [2.45, 2.75) is 20.8 Å². The smallest absolute Gasteiger partial charge is 0.341 e. The van der Waals surface area contributed by atoms with Gasteiger partial charge in [0.1, 0.15) is 22.1 Å². The standard InChI is InChI=1S/C24H25NO5S/c1-5-29-18-11-9-17(10-12-18)21-16(3)31-23(22(21)24(27)28-4)25-20(26)14-30-19-8-6-7-15(2)13-19/h6-13H,5,14H2,1-4H3,(H,25,26). The predicted molar refractivity (Wildman–Crippen MR) is 122 cm³/mol. The van der Waals surface area contributed by atoms with Crippen molar-refractivity contribution in [3.05, 3.63) is 64.5 Å². The van der Waals surface area contributed by atoms with Crippen LogP contribution >= 0.6 is 11.3 Å². The third kappa shape index (κ3) is 5.44. The second kappa shape index (κ2) is 10.1. The molecule has 0 aliphatic carbocycles. The highest BCUT2D eigenvalue weighted by molar-refractivity contribution is 7.17. The number of carbonyl (C=O) groups is 2. The SMILES string of the molecule is CCOc1ccc(-c2c(C)sc(NC(=O)COc3cccc(C)c3)c2C(=O)OC)cc1. The van der Waals surface area contributed by atoms with Crippen molar-refractivity contribution in [1.29, 1.82) is 0 Å². The van der Waals surface area contributed by atoms with Crippen LogP contribution in [0, 0.1) is 13.8 Å². The van der Waals surface area contributed by atoms with Crippen LogP contribution in [0.25, 0.3) is 11.1 Å². The number of esters is 1. The van der Waals surface area contributed by atoms with Gasteiger partial charge in [0.2, 0.25) is 0 Å². The van der Waals surface area contributed by atoms with Crippen molar-refractivity contribution in [2.24, 2.45) is 0 Å². The van der Waals surface area contributed by atoms with Gasteiger partial charge in [-0.1, -0.05) is 24.3 Å². The van der Waals surface area contributed by atoms with Crippen LogP contribution < -0.4 is 14.8 Å². The number of ether oxygens (including phenoxy) is 3. The monoisotopic (exact) mass is 439 g/mol. The van der Waals surface area contributed by atoms with Crippen LogP contribution in [0.4, 0.5) is 5.00 Å². The number of carbonyl (C=O) groups excluding carboxylic acids is 2. The fourth-order valence-corrected chi connectivity index (χ4v) is 4.26. The summed E-state index contributed by atoms with van der Waals surface area (Å²) in [4.78, 5) is 26.0. The average Bonchev–Trinajstić information content (AvgIpc) is 3.08. The van der Waals surface area contributed by atoms with Crippen molar-refractivity contribution in [3.63, 3.8) is 0 Å². The lowest BCUT2D eigenvalue weighted by molar-refractivity contribution is -0.118. The first-order valence-corrected chi connectivity index (χ1v) is 10.7. The molecule has 0 spiro atoms. The Balaban J connectivity index is 1.84. The van der Waals surface area contributed by atoms with E-state index in [9.17, 15) is 9.59 Å². The fourth-order valence-electron chi connectivity index (χ4n) is 3.18. The Kier molecular flexibility index (Phi) is 7.31. The third-order valence-corrected chi connectivity index (χ3v) is 5.56. The molecule has 0 radical (unpaired) electrons. The molecule has 2 aromatic carbocycles. The van der Waals surface area contributed by atoms with E-state index in [-0.39, 0.29) is 12.5 Å². The van der Waals surface area contributed by atoms with Gasteiger partial charge in [-0.2, -0.15) is 0 Å². The van der Waals surface area contributed by atoms with Crippen molar-refractivity contribution in [2.75, 3.05) is 25.6 Å². The zero-order chi connectivity index (χ0) is 22.4. The average molecular weight is 440 g/mol. The summed E-state index contributed by atoms with van der Waals surface area (Å²) in [6.07, 6.45) is 0. The lowest BCUT2D eigenvalue weighted by atomic mass is 10.0. The molecule has 3 aromatic rings. The van der Waals surface area contributed by atoms with Gasteiger partial charge in [0, 0.05) is 10.4 Å². The molecular formula is C24H25NO5S. The molecule has 0 aliphatic rings. The first-order chi connectivity index (χ1) is 14.9. The largest absolute Gasteiger partial charge is 0.494 e. The van der Waals surface area contributed by atoms with Crippen LogP contribution in [-0.2, 0) is 9.53 Å². The molecule has 7 heteroatoms. The molecule has 1 heterocycles.